The molecule has 0 aliphatic rings. The number of hydrogen-bond acceptors (Lipinski definition) is 5. The maximum atomic E-state index is 13.7. The van der Waals surface area contributed by atoms with Gasteiger partial charge in [0.15, 0.2) is 5.75 Å². The van der Waals surface area contributed by atoms with Gasteiger partial charge in [0.2, 0.25) is 0 Å². The highest BCUT2D eigenvalue weighted by Gasteiger charge is 2.18. The highest BCUT2D eigenvalue weighted by molar-refractivity contribution is 7.22. The average Bonchev–Trinajstić information content (AvgIpc) is 3.15. The van der Waals surface area contributed by atoms with Crippen molar-refractivity contribution in [2.45, 2.75) is 6.92 Å². The zero-order valence-corrected chi connectivity index (χ0v) is 18.3. The standard InChI is InChI=1S/C25H21FN2O3S/c1-15-13-17(26)6-10-20(15)25-24(21-11-9-19(30-2)14-22(21)32-25)31-18-7-3-16(4-8-18)5-12-23(29)28-27/h3-14H,27H2,1-2H3,(H,28,29)/b12-5+. The summed E-state index contributed by atoms with van der Waals surface area (Å²) in [6.07, 6.45) is 3.01. The van der Waals surface area contributed by atoms with E-state index in [1.165, 1.54) is 18.2 Å². The van der Waals surface area contributed by atoms with E-state index in [1.54, 1.807) is 30.6 Å². The van der Waals surface area contributed by atoms with Gasteiger partial charge in [-0.1, -0.05) is 18.2 Å². The molecule has 0 saturated carbocycles. The van der Waals surface area contributed by atoms with Gasteiger partial charge in [0.05, 0.1) is 12.0 Å². The van der Waals surface area contributed by atoms with Gasteiger partial charge in [-0.25, -0.2) is 10.2 Å². The normalized spacial score (nSPS) is 11.1. The summed E-state index contributed by atoms with van der Waals surface area (Å²) in [6.45, 7) is 1.88. The van der Waals surface area contributed by atoms with E-state index < -0.39 is 0 Å². The Morgan fingerprint density at radius 1 is 1.06 bits per heavy atom. The molecule has 7 heteroatoms. The summed E-state index contributed by atoms with van der Waals surface area (Å²) in [5.74, 6) is 6.52. The smallest absolute Gasteiger partial charge is 0.257 e. The van der Waals surface area contributed by atoms with Crippen LogP contribution >= 0.6 is 11.3 Å². The van der Waals surface area contributed by atoms with E-state index in [2.05, 4.69) is 0 Å². The first-order chi connectivity index (χ1) is 15.5. The van der Waals surface area contributed by atoms with Crippen molar-refractivity contribution in [1.29, 1.82) is 0 Å². The zero-order valence-electron chi connectivity index (χ0n) is 17.5. The molecule has 1 heterocycles. The Kier molecular flexibility index (Phi) is 6.20. The van der Waals surface area contributed by atoms with Gasteiger partial charge in [-0.05, 0) is 72.2 Å². The molecule has 162 valence electrons. The van der Waals surface area contributed by atoms with Crippen LogP contribution in [0, 0.1) is 12.7 Å². The highest BCUT2D eigenvalue weighted by atomic mass is 32.1. The van der Waals surface area contributed by atoms with Crippen molar-refractivity contribution < 1.29 is 18.7 Å². The Morgan fingerprint density at radius 2 is 1.81 bits per heavy atom. The second kappa shape index (κ2) is 9.21. The van der Waals surface area contributed by atoms with E-state index in [9.17, 15) is 9.18 Å². The van der Waals surface area contributed by atoms with Crippen LogP contribution in [0.2, 0.25) is 0 Å². The van der Waals surface area contributed by atoms with Gasteiger partial charge < -0.3 is 9.47 Å². The molecular weight excluding hydrogens is 427 g/mol. The van der Waals surface area contributed by atoms with Gasteiger partial charge in [0, 0.05) is 16.2 Å². The molecule has 0 unspecified atom stereocenters. The van der Waals surface area contributed by atoms with Crippen LogP contribution < -0.4 is 20.7 Å². The van der Waals surface area contributed by atoms with Crippen molar-refractivity contribution in [2.24, 2.45) is 5.84 Å². The maximum absolute atomic E-state index is 13.7. The van der Waals surface area contributed by atoms with Gasteiger partial charge in [0.1, 0.15) is 17.3 Å². The minimum Gasteiger partial charge on any atom is -0.497 e. The molecule has 4 rings (SSSR count). The fourth-order valence-corrected chi connectivity index (χ4v) is 4.57. The van der Waals surface area contributed by atoms with Crippen molar-refractivity contribution >= 4 is 33.4 Å². The minimum atomic E-state index is -0.384. The first-order valence-corrected chi connectivity index (χ1v) is 10.6. The van der Waals surface area contributed by atoms with Gasteiger partial charge in [0.25, 0.3) is 5.91 Å². The second-order valence-electron chi connectivity index (χ2n) is 7.09. The lowest BCUT2D eigenvalue weighted by molar-refractivity contribution is -0.116. The van der Waals surface area contributed by atoms with E-state index in [1.807, 2.05) is 54.8 Å². The van der Waals surface area contributed by atoms with Gasteiger partial charge >= 0.3 is 0 Å². The number of nitrogens with one attached hydrogen (secondary N) is 1. The van der Waals surface area contributed by atoms with Gasteiger partial charge in [-0.2, -0.15) is 0 Å². The van der Waals surface area contributed by atoms with Crippen molar-refractivity contribution in [3.05, 3.63) is 83.7 Å². The molecule has 0 radical (unpaired) electrons. The van der Waals surface area contributed by atoms with Crippen molar-refractivity contribution in [3.8, 4) is 27.7 Å². The monoisotopic (exact) mass is 448 g/mol. The van der Waals surface area contributed by atoms with E-state index in [4.69, 9.17) is 15.3 Å². The molecule has 1 aromatic heterocycles. The Balaban J connectivity index is 1.75. The number of carbonyl (C=O) groups is 1. The fraction of sp³-hybridized carbons (Fsp3) is 0.0800. The molecule has 4 aromatic rings. The third-order valence-corrected chi connectivity index (χ3v) is 6.12. The van der Waals surface area contributed by atoms with Crippen LogP contribution in [-0.2, 0) is 4.79 Å². The van der Waals surface area contributed by atoms with E-state index in [0.717, 1.165) is 37.4 Å². The fourth-order valence-electron chi connectivity index (χ4n) is 3.33. The van der Waals surface area contributed by atoms with Crippen LogP contribution in [0.15, 0.2) is 66.7 Å². The average molecular weight is 449 g/mol. The quantitative estimate of drug-likeness (QED) is 0.169. The SMILES string of the molecule is COc1ccc2c(Oc3ccc(/C=C/C(=O)NN)cc3)c(-c3ccc(F)cc3C)sc2c1. The number of benzene rings is 3. The minimum absolute atomic E-state index is 0.275. The van der Waals surface area contributed by atoms with Crippen LogP contribution in [0.4, 0.5) is 4.39 Å². The summed E-state index contributed by atoms with van der Waals surface area (Å²) in [6, 6.07) is 17.9. The first-order valence-electron chi connectivity index (χ1n) is 9.82. The Labute approximate surface area is 188 Å². The molecule has 0 aliphatic carbocycles. The largest absolute Gasteiger partial charge is 0.497 e. The van der Waals surface area contributed by atoms with Crippen LogP contribution in [0.5, 0.6) is 17.2 Å². The number of methoxy groups -OCH3 is 1. The van der Waals surface area contributed by atoms with Crippen molar-refractivity contribution in [3.63, 3.8) is 0 Å². The molecule has 0 saturated heterocycles. The number of thiophene rings is 1. The summed E-state index contributed by atoms with van der Waals surface area (Å²) >= 11 is 1.57. The van der Waals surface area contributed by atoms with E-state index >= 15 is 0 Å². The number of hydrogen-bond donors (Lipinski definition) is 2. The molecule has 3 aromatic carbocycles. The first kappa shape index (κ1) is 21.5. The number of nitrogens with two attached hydrogens (primary N) is 1. The molecule has 32 heavy (non-hydrogen) atoms. The number of fused-ring (bicyclic) bond motifs is 1. The number of carbonyl (C=O) groups excluding carboxylic acids is 1. The van der Waals surface area contributed by atoms with E-state index in [-0.39, 0.29) is 11.7 Å². The molecule has 0 bridgehead atoms. The summed E-state index contributed by atoms with van der Waals surface area (Å²) in [4.78, 5) is 12.2. The topological polar surface area (TPSA) is 73.6 Å². The number of rotatable bonds is 6. The van der Waals surface area contributed by atoms with Crippen LogP contribution in [0.3, 0.4) is 0 Å². The Morgan fingerprint density at radius 3 is 2.50 bits per heavy atom. The molecule has 0 atom stereocenters. The predicted octanol–water partition coefficient (Wildman–Crippen LogP) is 5.82. The summed E-state index contributed by atoms with van der Waals surface area (Å²) < 4.78 is 26.4. The summed E-state index contributed by atoms with van der Waals surface area (Å²) in [5.41, 5.74) is 4.62. The van der Waals surface area contributed by atoms with Gasteiger partial charge in [-0.15, -0.1) is 11.3 Å². The lowest BCUT2D eigenvalue weighted by atomic mass is 10.1. The number of ether oxygens (including phenoxy) is 2. The van der Waals surface area contributed by atoms with Crippen LogP contribution in [-0.4, -0.2) is 13.0 Å². The number of halogens is 1. The third-order valence-electron chi connectivity index (χ3n) is 4.95. The predicted molar refractivity (Wildman–Crippen MR) is 126 cm³/mol. The molecule has 0 fully saturated rings. The Bertz CT molecular complexity index is 1310. The lowest BCUT2D eigenvalue weighted by Crippen LogP contribution is -2.27. The van der Waals surface area contributed by atoms with Crippen molar-refractivity contribution in [2.75, 3.05) is 7.11 Å². The molecule has 1 amide bonds. The molecule has 3 N–H and O–H groups in total. The maximum Gasteiger partial charge on any atom is 0.257 e. The number of aryl methyl sites for hydroxylation is 1. The molecule has 0 aliphatic heterocycles. The number of hydrazine groups is 1. The summed E-state index contributed by atoms with van der Waals surface area (Å²) in [5, 5.41) is 0.943. The molecule has 5 nitrogen and oxygen atoms in total. The van der Waals surface area contributed by atoms with Crippen LogP contribution in [0.1, 0.15) is 11.1 Å². The third kappa shape index (κ3) is 4.49. The van der Waals surface area contributed by atoms with Crippen molar-refractivity contribution in [1.82, 2.24) is 5.43 Å². The van der Waals surface area contributed by atoms with Crippen LogP contribution in [0.25, 0.3) is 26.6 Å². The molecule has 0 spiro atoms. The summed E-state index contributed by atoms with van der Waals surface area (Å²) in [7, 11) is 1.63. The number of amides is 1. The second-order valence-corrected chi connectivity index (χ2v) is 8.15. The van der Waals surface area contributed by atoms with E-state index in [0.29, 0.717) is 11.5 Å². The highest BCUT2D eigenvalue weighted by Crippen LogP contribution is 2.48. The Hall–Kier alpha value is -3.68. The lowest BCUT2D eigenvalue weighted by Gasteiger charge is -2.10. The zero-order chi connectivity index (χ0) is 22.7. The molecular formula is C25H21FN2O3S. The van der Waals surface area contributed by atoms with Gasteiger partial charge in [-0.3, -0.25) is 10.2 Å².